The lowest BCUT2D eigenvalue weighted by Gasteiger charge is -2.04. The molecule has 1 amide bonds. The van der Waals surface area contributed by atoms with Crippen molar-refractivity contribution in [3.63, 3.8) is 0 Å². The third-order valence-electron chi connectivity index (χ3n) is 4.26. The lowest BCUT2D eigenvalue weighted by atomic mass is 10.1. The van der Waals surface area contributed by atoms with E-state index in [1.54, 1.807) is 6.07 Å². The van der Waals surface area contributed by atoms with Crippen LogP contribution in [0.2, 0.25) is 0 Å². The Labute approximate surface area is 142 Å². The smallest absolute Gasteiger partial charge is 0.257 e. The molecule has 3 aromatic heterocycles. The highest BCUT2D eigenvalue weighted by atomic mass is 32.1. The maximum atomic E-state index is 12.6. The van der Waals surface area contributed by atoms with Gasteiger partial charge in [-0.05, 0) is 37.3 Å². The van der Waals surface area contributed by atoms with Gasteiger partial charge in [0.25, 0.3) is 11.6 Å². The maximum absolute atomic E-state index is 12.6. The number of aromatic nitrogens is 2. The van der Waals surface area contributed by atoms with E-state index < -0.39 is 0 Å². The summed E-state index contributed by atoms with van der Waals surface area (Å²) in [6, 6.07) is 3.97. The van der Waals surface area contributed by atoms with Crippen molar-refractivity contribution in [2.24, 2.45) is 0 Å². The van der Waals surface area contributed by atoms with Crippen molar-refractivity contribution in [3.05, 3.63) is 39.5 Å². The van der Waals surface area contributed by atoms with Gasteiger partial charge in [0.15, 0.2) is 0 Å². The molecule has 0 unspecified atom stereocenters. The Bertz CT molecular complexity index is 996. The molecule has 0 saturated heterocycles. The number of anilines is 1. The molecule has 1 aliphatic rings. The second-order valence-electron chi connectivity index (χ2n) is 5.69. The predicted molar refractivity (Wildman–Crippen MR) is 90.2 cm³/mol. The monoisotopic (exact) mass is 338 g/mol. The zero-order chi connectivity index (χ0) is 16.7. The summed E-state index contributed by atoms with van der Waals surface area (Å²) < 4.78 is 5.14. The molecule has 0 radical (unpaired) electrons. The van der Waals surface area contributed by atoms with Crippen LogP contribution in [0.15, 0.2) is 16.8 Å². The first kappa shape index (κ1) is 14.8. The van der Waals surface area contributed by atoms with Crippen molar-refractivity contribution in [1.29, 1.82) is 5.26 Å². The number of carbonyl (C=O) groups is 1. The quantitative estimate of drug-likeness (QED) is 0.789. The lowest BCUT2D eigenvalue weighted by molar-refractivity contribution is 0.102. The summed E-state index contributed by atoms with van der Waals surface area (Å²) in [5.41, 5.74) is 3.34. The minimum atomic E-state index is -0.274. The maximum Gasteiger partial charge on any atom is 0.257 e. The second kappa shape index (κ2) is 5.73. The summed E-state index contributed by atoms with van der Waals surface area (Å²) in [6.07, 6.45) is 5.15. The van der Waals surface area contributed by atoms with E-state index in [0.717, 1.165) is 35.9 Å². The van der Waals surface area contributed by atoms with Crippen LogP contribution >= 0.6 is 11.3 Å². The molecule has 0 spiro atoms. The number of hydrogen-bond donors (Lipinski definition) is 1. The zero-order valence-corrected chi connectivity index (χ0v) is 13.9. The van der Waals surface area contributed by atoms with E-state index in [4.69, 9.17) is 4.52 Å². The first-order chi connectivity index (χ1) is 11.7. The molecule has 0 saturated carbocycles. The van der Waals surface area contributed by atoms with Gasteiger partial charge in [0.2, 0.25) is 0 Å². The molecule has 0 atom stereocenters. The fourth-order valence-corrected chi connectivity index (χ4v) is 4.28. The number of fused-ring (bicyclic) bond motifs is 2. The second-order valence-corrected chi connectivity index (χ2v) is 6.79. The number of rotatable bonds is 3. The Morgan fingerprint density at radius 3 is 3.17 bits per heavy atom. The van der Waals surface area contributed by atoms with Crippen molar-refractivity contribution >= 4 is 33.3 Å². The van der Waals surface area contributed by atoms with E-state index in [1.165, 1.54) is 22.4 Å². The molecule has 1 aliphatic carbocycles. The highest BCUT2D eigenvalue weighted by Crippen LogP contribution is 2.38. The number of pyridine rings is 1. The SMILES string of the molecule is CCc1noc2ncc(C(=O)Nc3sc4c(c3C#N)CCC4)cc12. The molecule has 0 bridgehead atoms. The molecule has 24 heavy (non-hydrogen) atoms. The number of nitrogens with one attached hydrogen (secondary N) is 1. The van der Waals surface area contributed by atoms with Crippen molar-refractivity contribution in [1.82, 2.24) is 10.1 Å². The van der Waals surface area contributed by atoms with Gasteiger partial charge in [0, 0.05) is 11.1 Å². The molecular formula is C17H14N4O2S. The highest BCUT2D eigenvalue weighted by Gasteiger charge is 2.23. The summed E-state index contributed by atoms with van der Waals surface area (Å²) in [5, 5.41) is 17.6. The predicted octanol–water partition coefficient (Wildman–Crippen LogP) is 3.46. The van der Waals surface area contributed by atoms with Crippen LogP contribution in [0.4, 0.5) is 5.00 Å². The molecule has 120 valence electrons. The van der Waals surface area contributed by atoms with Crippen LogP contribution in [0.25, 0.3) is 11.1 Å². The van der Waals surface area contributed by atoms with Crippen molar-refractivity contribution in [2.45, 2.75) is 32.6 Å². The average molecular weight is 338 g/mol. The summed E-state index contributed by atoms with van der Waals surface area (Å²) in [7, 11) is 0. The van der Waals surface area contributed by atoms with Crippen molar-refractivity contribution in [2.75, 3.05) is 5.32 Å². The van der Waals surface area contributed by atoms with Crippen LogP contribution in [0.1, 0.15) is 45.4 Å². The third kappa shape index (κ3) is 2.27. The largest absolute Gasteiger partial charge is 0.336 e. The number of nitrogens with zero attached hydrogens (tertiary/aromatic N) is 3. The van der Waals surface area contributed by atoms with Gasteiger partial charge in [-0.15, -0.1) is 11.3 Å². The molecular weight excluding hydrogens is 324 g/mol. The fraction of sp³-hybridized carbons (Fsp3) is 0.294. The van der Waals surface area contributed by atoms with Gasteiger partial charge >= 0.3 is 0 Å². The van der Waals surface area contributed by atoms with Crippen LogP contribution in [-0.2, 0) is 19.3 Å². The minimum Gasteiger partial charge on any atom is -0.336 e. The molecule has 4 rings (SSSR count). The van der Waals surface area contributed by atoms with Gasteiger partial charge in [-0.25, -0.2) is 4.98 Å². The normalized spacial score (nSPS) is 13.0. The van der Waals surface area contributed by atoms with Gasteiger partial charge < -0.3 is 9.84 Å². The molecule has 0 fully saturated rings. The van der Waals surface area contributed by atoms with Gasteiger partial charge in [0.1, 0.15) is 11.1 Å². The van der Waals surface area contributed by atoms with Crippen molar-refractivity contribution in [3.8, 4) is 6.07 Å². The van der Waals surface area contributed by atoms with Gasteiger partial charge in [-0.3, -0.25) is 4.79 Å². The summed E-state index contributed by atoms with van der Waals surface area (Å²) in [6.45, 7) is 1.97. The molecule has 1 N–H and O–H groups in total. The van der Waals surface area contributed by atoms with Gasteiger partial charge in [-0.1, -0.05) is 12.1 Å². The number of hydrogen-bond acceptors (Lipinski definition) is 6. The number of carbonyl (C=O) groups excluding carboxylic acids is 1. The molecule has 7 heteroatoms. The lowest BCUT2D eigenvalue weighted by Crippen LogP contribution is -2.12. The van der Waals surface area contributed by atoms with E-state index in [1.807, 2.05) is 6.92 Å². The van der Waals surface area contributed by atoms with Crippen LogP contribution in [-0.4, -0.2) is 16.0 Å². The Hall–Kier alpha value is -2.72. The highest BCUT2D eigenvalue weighted by molar-refractivity contribution is 7.16. The van der Waals surface area contributed by atoms with Gasteiger partial charge in [-0.2, -0.15) is 5.26 Å². The Morgan fingerprint density at radius 2 is 2.38 bits per heavy atom. The van der Waals surface area contributed by atoms with E-state index in [2.05, 4.69) is 21.5 Å². The zero-order valence-electron chi connectivity index (χ0n) is 13.0. The standard InChI is InChI=1S/C17H14N4O2S/c1-2-13-11-6-9(8-19-16(11)23-21-13)15(22)20-17-12(7-18)10-4-3-5-14(10)24-17/h6,8H,2-5H2,1H3,(H,20,22). The Kier molecular flexibility index (Phi) is 3.54. The van der Waals surface area contributed by atoms with E-state index in [0.29, 0.717) is 28.3 Å². The van der Waals surface area contributed by atoms with Crippen molar-refractivity contribution < 1.29 is 9.32 Å². The summed E-state index contributed by atoms with van der Waals surface area (Å²) in [4.78, 5) is 17.9. The Balaban J connectivity index is 1.66. The fourth-order valence-electron chi connectivity index (χ4n) is 3.04. The Morgan fingerprint density at radius 1 is 1.50 bits per heavy atom. The van der Waals surface area contributed by atoms with Crippen LogP contribution in [0.5, 0.6) is 0 Å². The topological polar surface area (TPSA) is 91.8 Å². The minimum absolute atomic E-state index is 0.274. The van der Waals surface area contributed by atoms with Crippen LogP contribution in [0, 0.1) is 11.3 Å². The third-order valence-corrected chi connectivity index (χ3v) is 5.47. The van der Waals surface area contributed by atoms with Gasteiger partial charge in [0.05, 0.1) is 22.2 Å². The molecule has 0 aliphatic heterocycles. The van der Waals surface area contributed by atoms with Crippen LogP contribution in [0.3, 0.4) is 0 Å². The first-order valence-electron chi connectivity index (χ1n) is 7.81. The van der Waals surface area contributed by atoms with E-state index in [9.17, 15) is 10.1 Å². The number of thiophene rings is 1. The summed E-state index contributed by atoms with van der Waals surface area (Å²) >= 11 is 1.50. The molecule has 3 aromatic rings. The first-order valence-corrected chi connectivity index (χ1v) is 8.63. The summed E-state index contributed by atoms with van der Waals surface area (Å²) in [5.74, 6) is -0.274. The molecule has 6 nitrogen and oxygen atoms in total. The number of aryl methyl sites for hydroxylation is 2. The molecule has 3 heterocycles. The average Bonchev–Trinajstić information content (AvgIpc) is 3.27. The number of amides is 1. The molecule has 0 aromatic carbocycles. The van der Waals surface area contributed by atoms with E-state index in [-0.39, 0.29) is 5.91 Å². The number of nitriles is 1. The van der Waals surface area contributed by atoms with Crippen LogP contribution < -0.4 is 5.32 Å². The van der Waals surface area contributed by atoms with E-state index >= 15 is 0 Å².